The highest BCUT2D eigenvalue weighted by atomic mass is 32.2. The summed E-state index contributed by atoms with van der Waals surface area (Å²) in [6.45, 7) is 7.35. The molecule has 1 saturated carbocycles. The molecule has 1 atom stereocenters. The van der Waals surface area contributed by atoms with Gasteiger partial charge in [-0.05, 0) is 73.9 Å². The van der Waals surface area contributed by atoms with Crippen molar-refractivity contribution in [2.45, 2.75) is 70.7 Å². The zero-order valence-corrected chi connectivity index (χ0v) is 19.9. The van der Waals surface area contributed by atoms with Crippen LogP contribution < -0.4 is 10.0 Å². The molecule has 0 aliphatic heterocycles. The molecule has 0 radical (unpaired) electrons. The van der Waals surface area contributed by atoms with Crippen LogP contribution in [0.25, 0.3) is 0 Å². The number of benzene rings is 2. The smallest absolute Gasteiger partial charge is 0.184 e. The maximum Gasteiger partial charge on any atom is 0.184 e. The minimum atomic E-state index is -1.09. The van der Waals surface area contributed by atoms with Crippen molar-refractivity contribution in [3.05, 3.63) is 52.8 Å². The highest BCUT2D eigenvalue weighted by Crippen LogP contribution is 2.52. The van der Waals surface area contributed by atoms with E-state index in [9.17, 15) is 18.3 Å². The van der Waals surface area contributed by atoms with Crippen molar-refractivity contribution in [1.82, 2.24) is 0 Å². The molecule has 4 nitrogen and oxygen atoms in total. The van der Waals surface area contributed by atoms with Crippen molar-refractivity contribution < 1.29 is 23.4 Å². The molecule has 0 saturated heterocycles. The van der Waals surface area contributed by atoms with E-state index in [4.69, 9.17) is 5.11 Å². The first kappa shape index (κ1) is 26.4. The fraction of sp³-hybridized carbons (Fsp3) is 0.500. The molecule has 0 heterocycles. The summed E-state index contributed by atoms with van der Waals surface area (Å²) in [5.41, 5.74) is 1.57. The number of rotatable bonds is 10. The predicted octanol–water partition coefficient (Wildman–Crippen LogP) is 6.47. The van der Waals surface area contributed by atoms with E-state index in [0.717, 1.165) is 24.8 Å². The van der Waals surface area contributed by atoms with Gasteiger partial charge in [-0.25, -0.2) is 13.2 Å². The lowest BCUT2D eigenvalue weighted by molar-refractivity contribution is 0.0865. The Morgan fingerprint density at radius 2 is 1.78 bits per heavy atom. The van der Waals surface area contributed by atoms with E-state index in [1.165, 1.54) is 30.1 Å². The molecule has 1 fully saturated rings. The van der Waals surface area contributed by atoms with E-state index >= 15 is 0 Å². The highest BCUT2D eigenvalue weighted by Gasteiger charge is 2.45. The summed E-state index contributed by atoms with van der Waals surface area (Å²) in [6, 6.07) is 5.67. The molecule has 4 N–H and O–H groups in total. The van der Waals surface area contributed by atoms with Crippen molar-refractivity contribution >= 4 is 29.0 Å². The lowest BCUT2D eigenvalue weighted by Gasteiger charge is -2.23. The van der Waals surface area contributed by atoms with Crippen molar-refractivity contribution in [1.29, 1.82) is 0 Å². The number of anilines is 3. The third kappa shape index (κ3) is 6.56. The molecular formula is C24H33F3N2O2S. The van der Waals surface area contributed by atoms with E-state index < -0.39 is 23.6 Å². The maximum atomic E-state index is 14.8. The Bertz CT molecular complexity index is 907. The Labute approximate surface area is 192 Å². The van der Waals surface area contributed by atoms with Gasteiger partial charge in [0.05, 0.1) is 24.1 Å². The Morgan fingerprint density at radius 3 is 2.34 bits per heavy atom. The van der Waals surface area contributed by atoms with Gasteiger partial charge < -0.3 is 20.3 Å². The SMILES string of the molecule is CC.CCCc1cc(F)c(F)c(Nc2ccc(C)cc2F)c1NSC1(CC(O)CO)CC1. The summed E-state index contributed by atoms with van der Waals surface area (Å²) in [4.78, 5) is 0. The van der Waals surface area contributed by atoms with Gasteiger partial charge in [0.25, 0.3) is 0 Å². The van der Waals surface area contributed by atoms with E-state index in [0.29, 0.717) is 24.1 Å². The largest absolute Gasteiger partial charge is 0.394 e. The molecule has 0 amide bonds. The topological polar surface area (TPSA) is 64.5 Å². The molecule has 1 aliphatic rings. The van der Waals surface area contributed by atoms with E-state index in [1.807, 2.05) is 20.8 Å². The normalized spacial score (nSPS) is 14.9. The molecule has 8 heteroatoms. The first-order chi connectivity index (χ1) is 15.3. The Balaban J connectivity index is 0.00000176. The standard InChI is InChI=1S/C22H27F3N2O2S.C2H6/c1-3-4-14-10-17(24)19(25)21(26-18-6-5-13(2)9-16(18)23)20(14)27-30-22(7-8-22)11-15(29)12-28;1-2/h5-6,9-10,15,26-29H,3-4,7-8,11-12H2,1-2H3;1-2H3. The van der Waals surface area contributed by atoms with Gasteiger partial charge >= 0.3 is 0 Å². The van der Waals surface area contributed by atoms with E-state index in [-0.39, 0.29) is 22.7 Å². The number of halogens is 3. The zero-order valence-electron chi connectivity index (χ0n) is 19.1. The molecule has 2 aromatic rings. The summed E-state index contributed by atoms with van der Waals surface area (Å²) < 4.78 is 46.3. The summed E-state index contributed by atoms with van der Waals surface area (Å²) in [6.07, 6.45) is 2.46. The highest BCUT2D eigenvalue weighted by molar-refractivity contribution is 8.02. The zero-order chi connectivity index (χ0) is 23.9. The molecule has 3 rings (SSSR count). The lowest BCUT2D eigenvalue weighted by Crippen LogP contribution is -2.21. The molecule has 0 aromatic heterocycles. The van der Waals surface area contributed by atoms with E-state index in [1.54, 1.807) is 13.0 Å². The fourth-order valence-electron chi connectivity index (χ4n) is 3.38. The molecule has 0 spiro atoms. The number of hydrogen-bond acceptors (Lipinski definition) is 5. The quantitative estimate of drug-likeness (QED) is 0.300. The van der Waals surface area contributed by atoms with Crippen LogP contribution in [0.4, 0.5) is 30.2 Å². The average molecular weight is 471 g/mol. The predicted molar refractivity (Wildman–Crippen MR) is 127 cm³/mol. The van der Waals surface area contributed by atoms with Crippen LogP contribution in [0.15, 0.2) is 24.3 Å². The van der Waals surface area contributed by atoms with Gasteiger partial charge in [0.1, 0.15) is 11.5 Å². The van der Waals surface area contributed by atoms with Gasteiger partial charge in [0.15, 0.2) is 11.6 Å². The van der Waals surface area contributed by atoms with Crippen molar-refractivity contribution in [3.63, 3.8) is 0 Å². The van der Waals surface area contributed by atoms with Crippen LogP contribution in [-0.2, 0) is 6.42 Å². The maximum absolute atomic E-state index is 14.8. The summed E-state index contributed by atoms with van der Waals surface area (Å²) in [5, 5.41) is 21.7. The third-order valence-electron chi connectivity index (χ3n) is 5.20. The fourth-order valence-corrected chi connectivity index (χ4v) is 4.51. The molecule has 2 aromatic carbocycles. The summed E-state index contributed by atoms with van der Waals surface area (Å²) in [7, 11) is 0. The molecule has 0 bridgehead atoms. The second-order valence-electron chi connectivity index (χ2n) is 7.87. The number of aliphatic hydroxyl groups is 2. The molecule has 178 valence electrons. The van der Waals surface area contributed by atoms with Crippen molar-refractivity contribution in [2.24, 2.45) is 0 Å². The molecular weight excluding hydrogens is 437 g/mol. The second-order valence-corrected chi connectivity index (χ2v) is 9.14. The first-order valence-corrected chi connectivity index (χ1v) is 11.9. The molecule has 1 aliphatic carbocycles. The average Bonchev–Trinajstić information content (AvgIpc) is 3.53. The Morgan fingerprint density at radius 1 is 1.09 bits per heavy atom. The van der Waals surface area contributed by atoms with Crippen LogP contribution in [0.1, 0.15) is 57.6 Å². The van der Waals surface area contributed by atoms with Crippen molar-refractivity contribution in [3.8, 4) is 0 Å². The monoisotopic (exact) mass is 470 g/mol. The van der Waals surface area contributed by atoms with Crippen LogP contribution in [0.3, 0.4) is 0 Å². The van der Waals surface area contributed by atoms with Crippen LogP contribution in [-0.4, -0.2) is 27.7 Å². The van der Waals surface area contributed by atoms with Gasteiger partial charge in [-0.15, -0.1) is 0 Å². The minimum Gasteiger partial charge on any atom is -0.394 e. The van der Waals surface area contributed by atoms with E-state index in [2.05, 4.69) is 10.0 Å². The van der Waals surface area contributed by atoms with Gasteiger partial charge in [-0.1, -0.05) is 33.3 Å². The van der Waals surface area contributed by atoms with Crippen LogP contribution in [0, 0.1) is 24.4 Å². The van der Waals surface area contributed by atoms with Gasteiger partial charge in [0, 0.05) is 4.75 Å². The number of nitrogens with one attached hydrogen (secondary N) is 2. The number of aliphatic hydroxyl groups excluding tert-OH is 2. The number of aryl methyl sites for hydroxylation is 2. The minimum absolute atomic E-state index is 0.0532. The van der Waals surface area contributed by atoms with Gasteiger partial charge in [-0.3, -0.25) is 0 Å². The lowest BCUT2D eigenvalue weighted by atomic mass is 10.1. The van der Waals surface area contributed by atoms with Gasteiger partial charge in [-0.2, -0.15) is 0 Å². The second kappa shape index (κ2) is 11.8. The van der Waals surface area contributed by atoms with Crippen LogP contribution in [0.2, 0.25) is 0 Å². The first-order valence-electron chi connectivity index (χ1n) is 11.1. The van der Waals surface area contributed by atoms with Gasteiger partial charge in [0.2, 0.25) is 0 Å². The van der Waals surface area contributed by atoms with Crippen LogP contribution >= 0.6 is 11.9 Å². The van der Waals surface area contributed by atoms with Crippen molar-refractivity contribution in [2.75, 3.05) is 16.6 Å². The number of hydrogen-bond donors (Lipinski definition) is 4. The Kier molecular flexibility index (Phi) is 9.73. The summed E-state index contributed by atoms with van der Waals surface area (Å²) >= 11 is 1.33. The third-order valence-corrected chi connectivity index (χ3v) is 6.51. The summed E-state index contributed by atoms with van der Waals surface area (Å²) in [5.74, 6) is -2.64. The molecule has 1 unspecified atom stereocenters. The Hall–Kier alpha value is -1.90. The van der Waals surface area contributed by atoms with Crippen LogP contribution in [0.5, 0.6) is 0 Å². The molecule has 32 heavy (non-hydrogen) atoms.